The molecule has 3 atom stereocenters. The predicted octanol–water partition coefficient (Wildman–Crippen LogP) is 0.0435. The summed E-state index contributed by atoms with van der Waals surface area (Å²) in [5, 5.41) is 50.9. The van der Waals surface area contributed by atoms with E-state index in [9.17, 15) is 25.4 Å². The number of nitro benzene ring substituents is 1. The van der Waals surface area contributed by atoms with E-state index in [0.717, 1.165) is 0 Å². The van der Waals surface area contributed by atoms with Crippen molar-refractivity contribution in [3.8, 4) is 0 Å². The molecule has 0 bridgehead atoms. The third-order valence-electron chi connectivity index (χ3n) is 2.95. The Balaban J connectivity index is 2.84. The van der Waals surface area contributed by atoms with Crippen LogP contribution in [0.2, 0.25) is 5.02 Å². The molecular formula is C12H17ClN2O6. The van der Waals surface area contributed by atoms with Crippen molar-refractivity contribution in [1.29, 1.82) is 0 Å². The summed E-state index contributed by atoms with van der Waals surface area (Å²) in [5.74, 6) is 0. The molecule has 0 amide bonds. The van der Waals surface area contributed by atoms with Crippen LogP contribution in [-0.2, 0) is 0 Å². The SMILES string of the molecule is Cc1cc([N+](=O)[O-])c(NC[C@H](O)[C@H](O)[C@H](O)CO)cc1Cl. The highest BCUT2D eigenvalue weighted by Gasteiger charge is 2.25. The van der Waals surface area contributed by atoms with Gasteiger partial charge in [-0.15, -0.1) is 0 Å². The summed E-state index contributed by atoms with van der Waals surface area (Å²) < 4.78 is 0. The van der Waals surface area contributed by atoms with Gasteiger partial charge in [0.15, 0.2) is 0 Å². The summed E-state index contributed by atoms with van der Waals surface area (Å²) in [6.07, 6.45) is -4.51. The van der Waals surface area contributed by atoms with Crippen LogP contribution < -0.4 is 5.32 Å². The van der Waals surface area contributed by atoms with E-state index in [-0.39, 0.29) is 17.9 Å². The highest BCUT2D eigenvalue weighted by molar-refractivity contribution is 6.31. The summed E-state index contributed by atoms with van der Waals surface area (Å²) in [6.45, 7) is 0.641. The minimum absolute atomic E-state index is 0.0836. The van der Waals surface area contributed by atoms with Crippen molar-refractivity contribution in [3.05, 3.63) is 32.8 Å². The molecule has 0 saturated heterocycles. The molecule has 1 aromatic carbocycles. The van der Waals surface area contributed by atoms with Gasteiger partial charge in [0.05, 0.1) is 17.6 Å². The number of benzene rings is 1. The standard InChI is InChI=1S/C12H17ClN2O6/c1-6-2-9(15(20)21)8(3-7(6)13)14-4-10(17)12(19)11(18)5-16/h2-3,10-12,14,16-19H,4-5H2,1H3/t10-,11+,12-/m0/s1. The summed E-state index contributed by atoms with van der Waals surface area (Å²) in [5.41, 5.74) is 0.395. The van der Waals surface area contributed by atoms with Crippen LogP contribution >= 0.6 is 11.6 Å². The Labute approximate surface area is 125 Å². The van der Waals surface area contributed by atoms with Crippen LogP contribution in [0.5, 0.6) is 0 Å². The molecular weight excluding hydrogens is 304 g/mol. The van der Waals surface area contributed by atoms with Gasteiger partial charge in [-0.3, -0.25) is 10.1 Å². The topological polar surface area (TPSA) is 136 Å². The predicted molar refractivity (Wildman–Crippen MR) is 76.4 cm³/mol. The van der Waals surface area contributed by atoms with E-state index in [1.165, 1.54) is 12.1 Å². The van der Waals surface area contributed by atoms with E-state index in [1.807, 2.05) is 0 Å². The van der Waals surface area contributed by atoms with Crippen molar-refractivity contribution < 1.29 is 25.3 Å². The fourth-order valence-electron chi connectivity index (χ4n) is 1.66. The normalized spacial score (nSPS) is 15.3. The molecule has 0 spiro atoms. The van der Waals surface area contributed by atoms with Gasteiger partial charge in [0.1, 0.15) is 17.9 Å². The third-order valence-corrected chi connectivity index (χ3v) is 3.36. The zero-order valence-electron chi connectivity index (χ0n) is 11.2. The Morgan fingerprint density at radius 1 is 1.33 bits per heavy atom. The number of halogens is 1. The number of nitro groups is 1. The molecule has 1 aromatic rings. The first-order valence-electron chi connectivity index (χ1n) is 6.11. The Kier molecular flexibility index (Phi) is 6.31. The molecule has 0 aliphatic rings. The van der Waals surface area contributed by atoms with Crippen molar-refractivity contribution >= 4 is 23.0 Å². The first-order valence-corrected chi connectivity index (χ1v) is 6.49. The van der Waals surface area contributed by atoms with Gasteiger partial charge in [-0.2, -0.15) is 0 Å². The second kappa shape index (κ2) is 7.53. The van der Waals surface area contributed by atoms with E-state index in [1.54, 1.807) is 6.92 Å². The first kappa shape index (κ1) is 17.6. The van der Waals surface area contributed by atoms with Crippen LogP contribution in [0.4, 0.5) is 11.4 Å². The second-order valence-electron chi connectivity index (χ2n) is 4.56. The molecule has 5 N–H and O–H groups in total. The highest BCUT2D eigenvalue weighted by Crippen LogP contribution is 2.30. The van der Waals surface area contributed by atoms with Crippen LogP contribution in [0.3, 0.4) is 0 Å². The molecule has 21 heavy (non-hydrogen) atoms. The van der Waals surface area contributed by atoms with Crippen LogP contribution in [0, 0.1) is 17.0 Å². The van der Waals surface area contributed by atoms with Crippen LogP contribution in [0.15, 0.2) is 12.1 Å². The lowest BCUT2D eigenvalue weighted by Crippen LogP contribution is -2.42. The van der Waals surface area contributed by atoms with Crippen LogP contribution in [0.25, 0.3) is 0 Å². The maximum Gasteiger partial charge on any atom is 0.292 e. The molecule has 8 nitrogen and oxygen atoms in total. The number of nitrogens with one attached hydrogen (secondary N) is 1. The molecule has 0 aliphatic heterocycles. The van der Waals surface area contributed by atoms with E-state index in [2.05, 4.69) is 5.32 Å². The highest BCUT2D eigenvalue weighted by atomic mass is 35.5. The van der Waals surface area contributed by atoms with E-state index in [4.69, 9.17) is 16.7 Å². The zero-order chi connectivity index (χ0) is 16.2. The lowest BCUT2D eigenvalue weighted by atomic mass is 10.1. The second-order valence-corrected chi connectivity index (χ2v) is 4.97. The number of rotatable bonds is 7. The van der Waals surface area contributed by atoms with Gasteiger partial charge in [-0.05, 0) is 18.6 Å². The largest absolute Gasteiger partial charge is 0.394 e. The lowest BCUT2D eigenvalue weighted by molar-refractivity contribution is -0.384. The van der Waals surface area contributed by atoms with Crippen LogP contribution in [0.1, 0.15) is 5.56 Å². The summed E-state index contributed by atoms with van der Waals surface area (Å²) >= 11 is 5.89. The molecule has 0 fully saturated rings. The number of aliphatic hydroxyl groups excluding tert-OH is 4. The number of aryl methyl sites for hydroxylation is 1. The maximum atomic E-state index is 11.0. The lowest BCUT2D eigenvalue weighted by Gasteiger charge is -2.22. The fourth-order valence-corrected chi connectivity index (χ4v) is 1.82. The average molecular weight is 321 g/mol. The average Bonchev–Trinajstić information content (AvgIpc) is 2.45. The third kappa shape index (κ3) is 4.51. The van der Waals surface area contributed by atoms with Crippen molar-refractivity contribution in [1.82, 2.24) is 0 Å². The molecule has 0 aliphatic carbocycles. The number of anilines is 1. The van der Waals surface area contributed by atoms with Gasteiger partial charge < -0.3 is 25.7 Å². The van der Waals surface area contributed by atoms with Crippen molar-refractivity contribution in [2.45, 2.75) is 25.2 Å². The molecule has 9 heteroatoms. The number of aliphatic hydroxyl groups is 4. The van der Waals surface area contributed by atoms with Crippen LogP contribution in [-0.4, -0.2) is 56.8 Å². The molecule has 0 radical (unpaired) electrons. The van der Waals surface area contributed by atoms with Gasteiger partial charge in [0.2, 0.25) is 0 Å². The van der Waals surface area contributed by atoms with Gasteiger partial charge in [-0.1, -0.05) is 11.6 Å². The number of nitrogens with zero attached hydrogens (tertiary/aromatic N) is 1. The summed E-state index contributed by atoms with van der Waals surface area (Å²) in [6, 6.07) is 2.63. The monoisotopic (exact) mass is 320 g/mol. The first-order chi connectivity index (χ1) is 9.77. The summed E-state index contributed by atoms with van der Waals surface area (Å²) in [7, 11) is 0. The smallest absolute Gasteiger partial charge is 0.292 e. The number of hydrogen-bond donors (Lipinski definition) is 5. The zero-order valence-corrected chi connectivity index (χ0v) is 12.0. The maximum absolute atomic E-state index is 11.0. The Bertz CT molecular complexity index is 513. The van der Waals surface area contributed by atoms with E-state index < -0.39 is 29.8 Å². The van der Waals surface area contributed by atoms with Gasteiger partial charge >= 0.3 is 0 Å². The van der Waals surface area contributed by atoms with Gasteiger partial charge in [-0.25, -0.2) is 0 Å². The molecule has 0 saturated carbocycles. The van der Waals surface area contributed by atoms with Gasteiger partial charge in [0.25, 0.3) is 5.69 Å². The van der Waals surface area contributed by atoms with Crippen molar-refractivity contribution in [2.24, 2.45) is 0 Å². The fraction of sp³-hybridized carbons (Fsp3) is 0.500. The Morgan fingerprint density at radius 3 is 2.48 bits per heavy atom. The van der Waals surface area contributed by atoms with Crippen molar-refractivity contribution in [3.63, 3.8) is 0 Å². The molecule has 0 heterocycles. The Morgan fingerprint density at radius 2 is 1.95 bits per heavy atom. The quantitative estimate of drug-likeness (QED) is 0.353. The molecule has 1 rings (SSSR count). The minimum Gasteiger partial charge on any atom is -0.394 e. The van der Waals surface area contributed by atoms with E-state index in [0.29, 0.717) is 10.6 Å². The molecule has 0 unspecified atom stereocenters. The molecule has 118 valence electrons. The van der Waals surface area contributed by atoms with E-state index >= 15 is 0 Å². The van der Waals surface area contributed by atoms with Crippen molar-refractivity contribution in [2.75, 3.05) is 18.5 Å². The minimum atomic E-state index is -1.58. The number of hydrogen-bond acceptors (Lipinski definition) is 7. The summed E-state index contributed by atoms with van der Waals surface area (Å²) in [4.78, 5) is 10.4. The molecule has 0 aromatic heterocycles. The Hall–Kier alpha value is -1.45. The van der Waals surface area contributed by atoms with Gasteiger partial charge in [0, 0.05) is 17.6 Å².